The van der Waals surface area contributed by atoms with Crippen LogP contribution < -0.4 is 16.4 Å². The van der Waals surface area contributed by atoms with Gasteiger partial charge in [-0.3, -0.25) is 9.59 Å². The summed E-state index contributed by atoms with van der Waals surface area (Å²) in [5.41, 5.74) is 6.47. The van der Waals surface area contributed by atoms with E-state index in [1.54, 1.807) is 23.6 Å². The van der Waals surface area contributed by atoms with Gasteiger partial charge in [0.15, 0.2) is 0 Å². The Hall–Kier alpha value is -1.67. The van der Waals surface area contributed by atoms with E-state index >= 15 is 0 Å². The van der Waals surface area contributed by atoms with Crippen LogP contribution in [0.25, 0.3) is 0 Å². The highest BCUT2D eigenvalue weighted by Gasteiger charge is 2.17. The topological polar surface area (TPSA) is 97.1 Å². The van der Waals surface area contributed by atoms with Crippen LogP contribution in [0.1, 0.15) is 39.7 Å². The smallest absolute Gasteiger partial charge is 0.275 e. The SMILES string of the molecule is CC(C)NC(=O)c1ccc(Cl)cc1NC(=O)c1csc(CCN)n1.Cl. The number of carbonyl (C=O) groups excluding carboxylic acids is 2. The monoisotopic (exact) mass is 402 g/mol. The number of benzene rings is 1. The summed E-state index contributed by atoms with van der Waals surface area (Å²) >= 11 is 7.37. The van der Waals surface area contributed by atoms with E-state index in [9.17, 15) is 9.59 Å². The summed E-state index contributed by atoms with van der Waals surface area (Å²) in [7, 11) is 0. The maximum absolute atomic E-state index is 12.4. The Morgan fingerprint density at radius 1 is 1.32 bits per heavy atom. The van der Waals surface area contributed by atoms with Crippen molar-refractivity contribution in [2.45, 2.75) is 26.3 Å². The molecule has 25 heavy (non-hydrogen) atoms. The molecule has 1 heterocycles. The van der Waals surface area contributed by atoms with Crippen LogP contribution in [0.15, 0.2) is 23.6 Å². The number of nitrogens with two attached hydrogens (primary N) is 1. The molecule has 0 bridgehead atoms. The number of amides is 2. The minimum atomic E-state index is -0.393. The van der Waals surface area contributed by atoms with Crippen molar-refractivity contribution >= 4 is 52.8 Å². The number of hydrogen-bond acceptors (Lipinski definition) is 5. The summed E-state index contributed by atoms with van der Waals surface area (Å²) in [5.74, 6) is -0.672. The molecule has 6 nitrogen and oxygen atoms in total. The fourth-order valence-electron chi connectivity index (χ4n) is 2.00. The average molecular weight is 403 g/mol. The summed E-state index contributed by atoms with van der Waals surface area (Å²) in [4.78, 5) is 28.9. The number of carbonyl (C=O) groups is 2. The predicted octanol–water partition coefficient (Wildman–Crippen LogP) is 3.11. The van der Waals surface area contributed by atoms with Crippen molar-refractivity contribution in [3.05, 3.63) is 44.9 Å². The molecular formula is C16H20Cl2N4O2S. The van der Waals surface area contributed by atoms with Gasteiger partial charge < -0.3 is 16.4 Å². The standard InChI is InChI=1S/C16H19ClN4O2S.ClH/c1-9(2)19-15(22)11-4-3-10(17)7-12(11)21-16(23)13-8-24-14(20-13)5-6-18;/h3-4,7-9H,5-6,18H2,1-2H3,(H,19,22)(H,21,23);1H. The lowest BCUT2D eigenvalue weighted by molar-refractivity contribution is 0.0944. The molecule has 0 spiro atoms. The van der Waals surface area contributed by atoms with Gasteiger partial charge in [0, 0.05) is 22.9 Å². The molecule has 2 rings (SSSR count). The summed E-state index contributed by atoms with van der Waals surface area (Å²) in [6.45, 7) is 4.20. The Kier molecular flexibility index (Phi) is 8.31. The van der Waals surface area contributed by atoms with Gasteiger partial charge in [0.1, 0.15) is 5.69 Å². The fourth-order valence-corrected chi connectivity index (χ4v) is 2.96. The van der Waals surface area contributed by atoms with E-state index < -0.39 is 5.91 Å². The van der Waals surface area contributed by atoms with Crippen LogP contribution in [0.3, 0.4) is 0 Å². The van der Waals surface area contributed by atoms with Crippen molar-refractivity contribution in [3.63, 3.8) is 0 Å². The zero-order valence-electron chi connectivity index (χ0n) is 13.8. The number of aromatic nitrogens is 1. The second-order valence-corrected chi connectivity index (χ2v) is 6.82. The molecule has 0 saturated heterocycles. The third-order valence-corrected chi connectivity index (χ3v) is 4.18. The zero-order valence-corrected chi connectivity index (χ0v) is 16.2. The van der Waals surface area contributed by atoms with Crippen molar-refractivity contribution in [1.29, 1.82) is 0 Å². The first-order valence-electron chi connectivity index (χ1n) is 7.47. The number of rotatable bonds is 6. The molecule has 0 radical (unpaired) electrons. The molecule has 136 valence electrons. The van der Waals surface area contributed by atoms with Gasteiger partial charge in [-0.2, -0.15) is 0 Å². The highest BCUT2D eigenvalue weighted by Crippen LogP contribution is 2.22. The van der Waals surface area contributed by atoms with Gasteiger partial charge in [0.25, 0.3) is 11.8 Å². The first-order valence-corrected chi connectivity index (χ1v) is 8.72. The molecule has 0 aliphatic heterocycles. The number of hydrogen-bond donors (Lipinski definition) is 3. The van der Waals surface area contributed by atoms with E-state index in [1.807, 2.05) is 13.8 Å². The largest absolute Gasteiger partial charge is 0.350 e. The van der Waals surface area contributed by atoms with Crippen molar-refractivity contribution < 1.29 is 9.59 Å². The van der Waals surface area contributed by atoms with E-state index in [-0.39, 0.29) is 24.4 Å². The highest BCUT2D eigenvalue weighted by molar-refractivity contribution is 7.09. The molecule has 0 aliphatic carbocycles. The fraction of sp³-hybridized carbons (Fsp3) is 0.312. The summed E-state index contributed by atoms with van der Waals surface area (Å²) in [5, 5.41) is 8.39. The summed E-state index contributed by atoms with van der Waals surface area (Å²) in [6.07, 6.45) is 0.622. The van der Waals surface area contributed by atoms with E-state index in [4.69, 9.17) is 17.3 Å². The van der Waals surface area contributed by atoms with Gasteiger partial charge in [-0.05, 0) is 38.6 Å². The summed E-state index contributed by atoms with van der Waals surface area (Å²) < 4.78 is 0. The lowest BCUT2D eigenvalue weighted by Crippen LogP contribution is -2.31. The molecular weight excluding hydrogens is 383 g/mol. The quantitative estimate of drug-likeness (QED) is 0.691. The molecule has 4 N–H and O–H groups in total. The lowest BCUT2D eigenvalue weighted by Gasteiger charge is -2.13. The van der Waals surface area contributed by atoms with Crippen LogP contribution in [0.5, 0.6) is 0 Å². The lowest BCUT2D eigenvalue weighted by atomic mass is 10.1. The molecule has 0 unspecified atom stereocenters. The van der Waals surface area contributed by atoms with Crippen LogP contribution in [0, 0.1) is 0 Å². The number of nitrogens with one attached hydrogen (secondary N) is 2. The minimum Gasteiger partial charge on any atom is -0.350 e. The Labute approximate surface area is 161 Å². The van der Waals surface area contributed by atoms with Crippen LogP contribution >= 0.6 is 35.3 Å². The Balaban J connectivity index is 0.00000312. The van der Waals surface area contributed by atoms with Crippen molar-refractivity contribution in [1.82, 2.24) is 10.3 Å². The van der Waals surface area contributed by atoms with E-state index in [0.29, 0.717) is 34.9 Å². The molecule has 0 fully saturated rings. The van der Waals surface area contributed by atoms with Crippen molar-refractivity contribution in [2.24, 2.45) is 5.73 Å². The maximum Gasteiger partial charge on any atom is 0.275 e. The molecule has 0 aliphatic rings. The number of halogens is 2. The van der Waals surface area contributed by atoms with Crippen LogP contribution in [0.4, 0.5) is 5.69 Å². The molecule has 1 aromatic heterocycles. The second kappa shape index (κ2) is 9.72. The number of anilines is 1. The molecule has 2 amide bonds. The Morgan fingerprint density at radius 3 is 2.68 bits per heavy atom. The molecule has 2 aromatic rings. The number of nitrogens with zero attached hydrogens (tertiary/aromatic N) is 1. The van der Waals surface area contributed by atoms with E-state index in [2.05, 4.69) is 15.6 Å². The maximum atomic E-state index is 12.4. The molecule has 1 aromatic carbocycles. The second-order valence-electron chi connectivity index (χ2n) is 5.44. The Morgan fingerprint density at radius 2 is 2.04 bits per heavy atom. The zero-order chi connectivity index (χ0) is 17.7. The molecule has 9 heteroatoms. The van der Waals surface area contributed by atoms with Gasteiger partial charge in [-0.15, -0.1) is 23.7 Å². The van der Waals surface area contributed by atoms with Gasteiger partial charge in [0.05, 0.1) is 16.3 Å². The number of thiazole rings is 1. The van der Waals surface area contributed by atoms with Gasteiger partial charge in [-0.25, -0.2) is 4.98 Å². The molecule has 0 saturated carbocycles. The average Bonchev–Trinajstić information content (AvgIpc) is 2.95. The van der Waals surface area contributed by atoms with E-state index in [0.717, 1.165) is 5.01 Å². The molecule has 0 atom stereocenters. The predicted molar refractivity (Wildman–Crippen MR) is 104 cm³/mol. The highest BCUT2D eigenvalue weighted by atomic mass is 35.5. The van der Waals surface area contributed by atoms with Crippen LogP contribution in [0.2, 0.25) is 5.02 Å². The Bertz CT molecular complexity index is 749. The van der Waals surface area contributed by atoms with E-state index in [1.165, 1.54) is 11.3 Å². The first kappa shape index (κ1) is 21.4. The summed E-state index contributed by atoms with van der Waals surface area (Å²) in [6, 6.07) is 4.71. The first-order chi connectivity index (χ1) is 11.4. The van der Waals surface area contributed by atoms with Gasteiger partial charge in [0.2, 0.25) is 0 Å². The van der Waals surface area contributed by atoms with Gasteiger partial charge in [-0.1, -0.05) is 11.6 Å². The third-order valence-electron chi connectivity index (χ3n) is 3.04. The van der Waals surface area contributed by atoms with Crippen molar-refractivity contribution in [2.75, 3.05) is 11.9 Å². The third kappa shape index (κ3) is 5.97. The van der Waals surface area contributed by atoms with Gasteiger partial charge >= 0.3 is 0 Å². The minimum absolute atomic E-state index is 0. The van der Waals surface area contributed by atoms with Crippen molar-refractivity contribution in [3.8, 4) is 0 Å². The van der Waals surface area contributed by atoms with Crippen LogP contribution in [-0.2, 0) is 6.42 Å². The normalized spacial score (nSPS) is 10.3. The van der Waals surface area contributed by atoms with Crippen LogP contribution in [-0.4, -0.2) is 29.4 Å².